The number of aromatic nitrogens is 1. The molecule has 0 unspecified atom stereocenters. The first-order valence-corrected chi connectivity index (χ1v) is 3.24. The highest BCUT2D eigenvalue weighted by Crippen LogP contribution is 1.99. The van der Waals surface area contributed by atoms with Crippen LogP contribution in [-0.4, -0.2) is 10.9 Å². The third-order valence-corrected chi connectivity index (χ3v) is 1.41. The van der Waals surface area contributed by atoms with Crippen molar-refractivity contribution in [1.29, 1.82) is 0 Å². The quantitative estimate of drug-likeness (QED) is 0.624. The van der Waals surface area contributed by atoms with Crippen LogP contribution in [0.25, 0.3) is 0 Å². The number of rotatable bonds is 1. The molecule has 1 aromatic rings. The van der Waals surface area contributed by atoms with E-state index < -0.39 is 0 Å². The van der Waals surface area contributed by atoms with E-state index in [4.69, 9.17) is 0 Å². The summed E-state index contributed by atoms with van der Waals surface area (Å²) in [5, 5.41) is 3.89. The van der Waals surface area contributed by atoms with Gasteiger partial charge in [0.25, 0.3) is 5.91 Å². The van der Waals surface area contributed by atoms with E-state index in [1.807, 2.05) is 0 Å². The predicted octanol–water partition coefficient (Wildman–Crippen LogP) is 0.664. The second kappa shape index (κ2) is 2.59. The minimum atomic E-state index is -0.240. The van der Waals surface area contributed by atoms with Crippen molar-refractivity contribution in [2.45, 2.75) is 0 Å². The van der Waals surface area contributed by atoms with Crippen LogP contribution in [0.3, 0.4) is 0 Å². The van der Waals surface area contributed by atoms with E-state index in [2.05, 4.69) is 17.3 Å². The van der Waals surface area contributed by atoms with Crippen LogP contribution in [0.15, 0.2) is 10.9 Å². The fourth-order valence-corrected chi connectivity index (χ4v) is 0.947. The molecule has 1 rings (SSSR count). The van der Waals surface area contributed by atoms with Gasteiger partial charge in [-0.2, -0.15) is 0 Å². The Morgan fingerprint density at radius 3 is 3.11 bits per heavy atom. The Bertz CT molecular complexity index is 195. The van der Waals surface area contributed by atoms with Gasteiger partial charge in [0, 0.05) is 12.4 Å². The molecule has 0 aliphatic rings. The molecule has 0 atom stereocenters. The third-order valence-electron chi connectivity index (χ3n) is 0.826. The average molecular weight is 141 g/mol. The van der Waals surface area contributed by atoms with Gasteiger partial charge >= 0.3 is 0 Å². The van der Waals surface area contributed by atoms with E-state index in [9.17, 15) is 4.79 Å². The lowest BCUT2D eigenvalue weighted by molar-refractivity contribution is 0.0965. The van der Waals surface area contributed by atoms with Crippen LogP contribution in [0.2, 0.25) is 0 Å². The molecule has 0 saturated heterocycles. The fraction of sp³-hybridized carbons (Fsp3) is 0. The van der Waals surface area contributed by atoms with Crippen LogP contribution in [0.5, 0.6) is 0 Å². The molecule has 1 radical (unpaired) electrons. The van der Waals surface area contributed by atoms with Crippen molar-refractivity contribution < 1.29 is 4.79 Å². The summed E-state index contributed by atoms with van der Waals surface area (Å²) < 4.78 is 0. The fourth-order valence-electron chi connectivity index (χ4n) is 0.415. The molecule has 47 valence electrons. The molecule has 0 aromatic carbocycles. The van der Waals surface area contributed by atoms with E-state index in [0.717, 1.165) is 0 Å². The Balaban J connectivity index is 2.77. The molecule has 3 nitrogen and oxygen atoms in total. The van der Waals surface area contributed by atoms with Crippen molar-refractivity contribution in [3.05, 3.63) is 23.6 Å². The molecular formula is C5H5N2OS. The lowest BCUT2D eigenvalue weighted by Crippen LogP contribution is -2.15. The van der Waals surface area contributed by atoms with Crippen molar-refractivity contribution in [2.24, 2.45) is 0 Å². The van der Waals surface area contributed by atoms with Gasteiger partial charge in [0.1, 0.15) is 5.69 Å². The van der Waals surface area contributed by atoms with Gasteiger partial charge in [-0.3, -0.25) is 4.79 Å². The maximum Gasteiger partial charge on any atom is 0.270 e. The topological polar surface area (TPSA) is 42.0 Å². The Morgan fingerprint density at radius 2 is 2.67 bits per heavy atom. The molecule has 0 fully saturated rings. The van der Waals surface area contributed by atoms with E-state index in [1.165, 1.54) is 11.3 Å². The first kappa shape index (κ1) is 6.22. The Kier molecular flexibility index (Phi) is 1.79. The molecule has 0 aliphatic carbocycles. The van der Waals surface area contributed by atoms with Crippen LogP contribution in [-0.2, 0) is 0 Å². The summed E-state index contributed by atoms with van der Waals surface area (Å²) in [6.45, 7) is 0. The SMILES string of the molecule is [CH2]NC(=O)c1cscn1. The highest BCUT2D eigenvalue weighted by molar-refractivity contribution is 7.07. The Labute approximate surface area is 56.7 Å². The zero-order chi connectivity index (χ0) is 6.69. The average Bonchev–Trinajstić information content (AvgIpc) is 2.37. The molecule has 1 N–H and O–H groups in total. The Morgan fingerprint density at radius 1 is 1.89 bits per heavy atom. The van der Waals surface area contributed by atoms with Gasteiger partial charge in [0.05, 0.1) is 5.51 Å². The maximum atomic E-state index is 10.6. The van der Waals surface area contributed by atoms with Gasteiger partial charge in [0.2, 0.25) is 0 Å². The molecule has 0 aliphatic heterocycles. The van der Waals surface area contributed by atoms with Crippen LogP contribution < -0.4 is 5.32 Å². The monoisotopic (exact) mass is 141 g/mol. The van der Waals surface area contributed by atoms with Gasteiger partial charge in [-0.05, 0) is 0 Å². The van der Waals surface area contributed by atoms with Crippen LogP contribution in [0.1, 0.15) is 10.5 Å². The Hall–Kier alpha value is -0.900. The minimum absolute atomic E-state index is 0.240. The molecule has 0 saturated carbocycles. The highest BCUT2D eigenvalue weighted by Gasteiger charge is 2.01. The third kappa shape index (κ3) is 1.26. The number of thiazole rings is 1. The molecular weight excluding hydrogens is 136 g/mol. The number of carbonyl (C=O) groups is 1. The highest BCUT2D eigenvalue weighted by atomic mass is 32.1. The standard InChI is InChI=1S/C5H5N2OS/c1-6-5(8)4-2-9-3-7-4/h2-3H,1H2,(H,6,8). The van der Waals surface area contributed by atoms with E-state index in [0.29, 0.717) is 5.69 Å². The summed E-state index contributed by atoms with van der Waals surface area (Å²) in [6.07, 6.45) is 0. The summed E-state index contributed by atoms with van der Waals surface area (Å²) in [7, 11) is 3.21. The number of nitrogens with zero attached hydrogens (tertiary/aromatic N) is 1. The van der Waals surface area contributed by atoms with E-state index in [-0.39, 0.29) is 5.91 Å². The summed E-state index contributed by atoms with van der Waals surface area (Å²) in [6, 6.07) is 0. The van der Waals surface area contributed by atoms with Gasteiger partial charge in [-0.25, -0.2) is 4.98 Å². The van der Waals surface area contributed by atoms with Crippen LogP contribution in [0.4, 0.5) is 0 Å². The minimum Gasteiger partial charge on any atom is -0.349 e. The first-order valence-electron chi connectivity index (χ1n) is 2.30. The molecule has 1 amide bonds. The number of amides is 1. The summed E-state index contributed by atoms with van der Waals surface area (Å²) in [4.78, 5) is 14.4. The number of carbonyl (C=O) groups excluding carboxylic acids is 1. The molecule has 0 bridgehead atoms. The van der Waals surface area contributed by atoms with Crippen molar-refractivity contribution in [1.82, 2.24) is 10.3 Å². The molecule has 4 heteroatoms. The maximum absolute atomic E-state index is 10.6. The lowest BCUT2D eigenvalue weighted by atomic mass is 10.5. The molecule has 1 aromatic heterocycles. The van der Waals surface area contributed by atoms with Crippen molar-refractivity contribution in [3.8, 4) is 0 Å². The summed E-state index contributed by atoms with van der Waals surface area (Å²) in [5.74, 6) is -0.240. The smallest absolute Gasteiger partial charge is 0.270 e. The molecule has 9 heavy (non-hydrogen) atoms. The van der Waals surface area contributed by atoms with Gasteiger partial charge < -0.3 is 5.32 Å². The van der Waals surface area contributed by atoms with Crippen molar-refractivity contribution in [3.63, 3.8) is 0 Å². The number of hydrogen-bond donors (Lipinski definition) is 1. The predicted molar refractivity (Wildman–Crippen MR) is 34.9 cm³/mol. The van der Waals surface area contributed by atoms with Crippen LogP contribution in [0, 0.1) is 7.05 Å². The van der Waals surface area contributed by atoms with Crippen LogP contribution >= 0.6 is 11.3 Å². The number of nitrogens with one attached hydrogen (secondary N) is 1. The zero-order valence-corrected chi connectivity index (χ0v) is 5.44. The van der Waals surface area contributed by atoms with Gasteiger partial charge in [-0.1, -0.05) is 0 Å². The van der Waals surface area contributed by atoms with Crippen molar-refractivity contribution in [2.75, 3.05) is 0 Å². The van der Waals surface area contributed by atoms with Gasteiger partial charge in [0.15, 0.2) is 0 Å². The second-order valence-corrected chi connectivity index (χ2v) is 2.10. The van der Waals surface area contributed by atoms with E-state index in [1.54, 1.807) is 10.9 Å². The normalized spacial score (nSPS) is 9.00. The number of hydrogen-bond acceptors (Lipinski definition) is 3. The molecule has 1 heterocycles. The first-order chi connectivity index (χ1) is 4.34. The zero-order valence-electron chi connectivity index (χ0n) is 4.63. The lowest BCUT2D eigenvalue weighted by Gasteiger charge is -1.89. The van der Waals surface area contributed by atoms with Crippen molar-refractivity contribution >= 4 is 17.2 Å². The largest absolute Gasteiger partial charge is 0.349 e. The summed E-state index contributed by atoms with van der Waals surface area (Å²) >= 11 is 1.38. The van der Waals surface area contributed by atoms with Gasteiger partial charge in [-0.15, -0.1) is 11.3 Å². The van der Waals surface area contributed by atoms with E-state index >= 15 is 0 Å². The molecule has 0 spiro atoms. The summed E-state index contributed by atoms with van der Waals surface area (Å²) in [5.41, 5.74) is 2.03. The second-order valence-electron chi connectivity index (χ2n) is 1.38.